The van der Waals surface area contributed by atoms with Crippen LogP contribution in [0.15, 0.2) is 41.1 Å². The summed E-state index contributed by atoms with van der Waals surface area (Å²) in [5, 5.41) is 4.02. The second kappa shape index (κ2) is 8.75. The van der Waals surface area contributed by atoms with Crippen LogP contribution in [-0.2, 0) is 0 Å². The van der Waals surface area contributed by atoms with Gasteiger partial charge in [0.15, 0.2) is 5.76 Å². The summed E-state index contributed by atoms with van der Waals surface area (Å²) >= 11 is 0. The molecule has 0 saturated carbocycles. The number of hydrogen-bond acceptors (Lipinski definition) is 7. The largest absolute Gasteiger partial charge is 0.496 e. The van der Waals surface area contributed by atoms with E-state index in [-0.39, 0.29) is 11.9 Å². The zero-order valence-electron chi connectivity index (χ0n) is 18.3. The molecule has 1 aliphatic heterocycles. The third-order valence-electron chi connectivity index (χ3n) is 5.52. The molecule has 0 spiro atoms. The molecule has 2 aromatic heterocycles. The predicted octanol–water partition coefficient (Wildman–Crippen LogP) is 3.88. The summed E-state index contributed by atoms with van der Waals surface area (Å²) in [7, 11) is 5.38. The third kappa shape index (κ3) is 4.10. The number of nitrogens with zero attached hydrogens (tertiary/aromatic N) is 5. The highest BCUT2D eigenvalue weighted by Crippen LogP contribution is 2.38. The van der Waals surface area contributed by atoms with Crippen molar-refractivity contribution >= 4 is 11.9 Å². The van der Waals surface area contributed by atoms with Crippen molar-refractivity contribution in [2.45, 2.75) is 32.2 Å². The van der Waals surface area contributed by atoms with E-state index < -0.39 is 0 Å². The van der Waals surface area contributed by atoms with Crippen molar-refractivity contribution in [2.75, 3.05) is 32.6 Å². The summed E-state index contributed by atoms with van der Waals surface area (Å²) in [6, 6.07) is 9.00. The van der Waals surface area contributed by atoms with Crippen LogP contribution in [0.2, 0.25) is 0 Å². The van der Waals surface area contributed by atoms with Crippen molar-refractivity contribution in [2.24, 2.45) is 0 Å². The number of amides is 1. The second-order valence-electron chi connectivity index (χ2n) is 7.91. The number of likely N-dealkylation sites (tertiary alicyclic amines) is 1. The summed E-state index contributed by atoms with van der Waals surface area (Å²) in [5.74, 6) is 1.70. The molecule has 3 aromatic rings. The van der Waals surface area contributed by atoms with Gasteiger partial charge in [0.25, 0.3) is 5.91 Å². The molecule has 8 heteroatoms. The van der Waals surface area contributed by atoms with Crippen LogP contribution < -0.4 is 9.64 Å². The Labute approximate surface area is 181 Å². The van der Waals surface area contributed by atoms with Gasteiger partial charge in [-0.1, -0.05) is 17.3 Å². The van der Waals surface area contributed by atoms with Gasteiger partial charge >= 0.3 is 0 Å². The fourth-order valence-corrected chi connectivity index (χ4v) is 3.97. The van der Waals surface area contributed by atoms with E-state index in [1.54, 1.807) is 19.4 Å². The lowest BCUT2D eigenvalue weighted by Crippen LogP contribution is -2.39. The van der Waals surface area contributed by atoms with Crippen molar-refractivity contribution < 1.29 is 14.1 Å². The van der Waals surface area contributed by atoms with Gasteiger partial charge in [-0.3, -0.25) is 4.79 Å². The molecule has 0 aliphatic carbocycles. The van der Waals surface area contributed by atoms with Crippen LogP contribution in [0.25, 0.3) is 11.3 Å². The Balaban J connectivity index is 1.80. The molecular weight excluding hydrogens is 394 g/mol. The second-order valence-corrected chi connectivity index (χ2v) is 7.91. The van der Waals surface area contributed by atoms with Crippen LogP contribution in [0.1, 0.15) is 47.1 Å². The first-order valence-corrected chi connectivity index (χ1v) is 10.4. The number of hydrogen-bond donors (Lipinski definition) is 0. The molecule has 1 amide bonds. The number of anilines is 1. The lowest BCUT2D eigenvalue weighted by molar-refractivity contribution is 0.0603. The van der Waals surface area contributed by atoms with E-state index in [1.165, 1.54) is 0 Å². The SMILES string of the molecule is COc1ccccc1C(=O)N1CCCC[C@H]1c1nc(N(C)C)ncc1-c1cc(C)no1. The zero-order valence-corrected chi connectivity index (χ0v) is 18.3. The van der Waals surface area contributed by atoms with E-state index in [0.717, 1.165) is 36.2 Å². The highest BCUT2D eigenvalue weighted by atomic mass is 16.5. The Bertz CT molecular complexity index is 1080. The fourth-order valence-electron chi connectivity index (χ4n) is 3.97. The number of piperidine rings is 1. The molecule has 3 heterocycles. The van der Waals surface area contributed by atoms with Crippen molar-refractivity contribution in [1.82, 2.24) is 20.0 Å². The normalized spacial score (nSPS) is 16.3. The summed E-state index contributed by atoms with van der Waals surface area (Å²) in [5.41, 5.74) is 2.87. The topological polar surface area (TPSA) is 84.6 Å². The molecule has 4 rings (SSSR count). The van der Waals surface area contributed by atoms with Crippen LogP contribution in [0.5, 0.6) is 5.75 Å². The average Bonchev–Trinajstić information content (AvgIpc) is 3.24. The monoisotopic (exact) mass is 421 g/mol. The number of carbonyl (C=O) groups is 1. The number of carbonyl (C=O) groups excluding carboxylic acids is 1. The Morgan fingerprint density at radius 3 is 2.77 bits per heavy atom. The molecule has 0 N–H and O–H groups in total. The van der Waals surface area contributed by atoms with Crippen molar-refractivity contribution in [1.29, 1.82) is 0 Å². The molecule has 1 aromatic carbocycles. The Morgan fingerprint density at radius 1 is 1.26 bits per heavy atom. The summed E-state index contributed by atoms with van der Waals surface area (Å²) in [6.07, 6.45) is 4.53. The lowest BCUT2D eigenvalue weighted by atomic mass is 9.94. The molecule has 1 atom stereocenters. The number of methoxy groups -OCH3 is 1. The molecule has 1 fully saturated rings. The van der Waals surface area contributed by atoms with Crippen molar-refractivity contribution in [3.63, 3.8) is 0 Å². The number of aromatic nitrogens is 3. The van der Waals surface area contributed by atoms with E-state index in [2.05, 4.69) is 10.1 Å². The van der Waals surface area contributed by atoms with Gasteiger partial charge in [-0.2, -0.15) is 0 Å². The predicted molar refractivity (Wildman–Crippen MR) is 117 cm³/mol. The van der Waals surface area contributed by atoms with Crippen LogP contribution >= 0.6 is 0 Å². The van der Waals surface area contributed by atoms with E-state index >= 15 is 0 Å². The van der Waals surface area contributed by atoms with Gasteiger partial charge < -0.3 is 19.1 Å². The quantitative estimate of drug-likeness (QED) is 0.618. The van der Waals surface area contributed by atoms with Gasteiger partial charge in [-0.05, 0) is 38.3 Å². The van der Waals surface area contributed by atoms with Gasteiger partial charge in [0, 0.05) is 32.9 Å². The van der Waals surface area contributed by atoms with Gasteiger partial charge in [-0.25, -0.2) is 9.97 Å². The number of ether oxygens (including phenoxy) is 1. The molecular formula is C23H27N5O3. The number of rotatable bonds is 5. The van der Waals surface area contributed by atoms with Crippen molar-refractivity contribution in [3.05, 3.63) is 53.5 Å². The molecule has 1 saturated heterocycles. The summed E-state index contributed by atoms with van der Waals surface area (Å²) in [6.45, 7) is 2.53. The smallest absolute Gasteiger partial charge is 0.258 e. The Kier molecular flexibility index (Phi) is 5.88. The maximum atomic E-state index is 13.6. The van der Waals surface area contributed by atoms with Crippen LogP contribution in [0.4, 0.5) is 5.95 Å². The maximum absolute atomic E-state index is 13.6. The maximum Gasteiger partial charge on any atom is 0.258 e. The molecule has 1 aliphatic rings. The first-order chi connectivity index (χ1) is 15.0. The number of para-hydroxylation sites is 1. The van der Waals surface area contributed by atoms with E-state index in [4.69, 9.17) is 14.2 Å². The number of benzene rings is 1. The molecule has 31 heavy (non-hydrogen) atoms. The standard InChI is InChI=1S/C23H27N5O3/c1-15-13-20(31-26-15)17-14-24-23(27(2)3)25-21(17)18-10-7-8-12-28(18)22(29)16-9-5-6-11-19(16)30-4/h5-6,9,11,13-14,18H,7-8,10,12H2,1-4H3/t18-/m0/s1. The van der Waals surface area contributed by atoms with Crippen LogP contribution in [-0.4, -0.2) is 53.7 Å². The first-order valence-electron chi connectivity index (χ1n) is 10.4. The third-order valence-corrected chi connectivity index (χ3v) is 5.52. The minimum absolute atomic E-state index is 0.0631. The molecule has 0 bridgehead atoms. The van der Waals surface area contributed by atoms with Crippen molar-refractivity contribution in [3.8, 4) is 17.1 Å². The highest BCUT2D eigenvalue weighted by molar-refractivity contribution is 5.97. The summed E-state index contributed by atoms with van der Waals surface area (Å²) in [4.78, 5) is 26.7. The minimum Gasteiger partial charge on any atom is -0.496 e. The Hall–Kier alpha value is -3.42. The van der Waals surface area contributed by atoms with E-state index in [1.807, 2.05) is 55.1 Å². The van der Waals surface area contributed by atoms with Gasteiger partial charge in [0.1, 0.15) is 5.75 Å². The zero-order chi connectivity index (χ0) is 22.0. The first kappa shape index (κ1) is 20.8. The fraction of sp³-hybridized carbons (Fsp3) is 0.391. The Morgan fingerprint density at radius 2 is 2.06 bits per heavy atom. The molecule has 0 unspecified atom stereocenters. The average molecular weight is 422 g/mol. The number of aryl methyl sites for hydroxylation is 1. The van der Waals surface area contributed by atoms with E-state index in [0.29, 0.717) is 29.6 Å². The van der Waals surface area contributed by atoms with Crippen LogP contribution in [0, 0.1) is 6.92 Å². The van der Waals surface area contributed by atoms with Gasteiger partial charge in [0.05, 0.1) is 35.7 Å². The molecule has 8 nitrogen and oxygen atoms in total. The van der Waals surface area contributed by atoms with E-state index in [9.17, 15) is 4.79 Å². The van der Waals surface area contributed by atoms with Gasteiger partial charge in [-0.15, -0.1) is 0 Å². The van der Waals surface area contributed by atoms with Gasteiger partial charge in [0.2, 0.25) is 5.95 Å². The highest BCUT2D eigenvalue weighted by Gasteiger charge is 2.33. The lowest BCUT2D eigenvalue weighted by Gasteiger charge is -2.36. The summed E-state index contributed by atoms with van der Waals surface area (Å²) < 4.78 is 11.0. The minimum atomic E-state index is -0.201. The molecule has 162 valence electrons. The van der Waals surface area contributed by atoms with Crippen LogP contribution in [0.3, 0.4) is 0 Å². The molecule has 0 radical (unpaired) electrons.